The van der Waals surface area contributed by atoms with Gasteiger partial charge in [-0.05, 0) is 45.0 Å². The van der Waals surface area contributed by atoms with E-state index in [9.17, 15) is 0 Å². The molecule has 2 aromatic heterocycles. The van der Waals surface area contributed by atoms with E-state index in [1.165, 1.54) is 0 Å². The van der Waals surface area contributed by atoms with Gasteiger partial charge in [0.05, 0.1) is 23.0 Å². The predicted molar refractivity (Wildman–Crippen MR) is 86.3 cm³/mol. The maximum absolute atomic E-state index is 6.08. The zero-order chi connectivity index (χ0) is 15.1. The number of rotatable bonds is 3. The van der Waals surface area contributed by atoms with Crippen molar-refractivity contribution >= 4 is 34.2 Å². The molecule has 0 fully saturated rings. The standard InChI is InChI=1S/C16H16Cl2N2O/c1-9-6-13(11(3)21-9)10(2)20-15-5-4-12(18)7-14(15)19-16(20)8-17/h4-7,10H,8H2,1-3H3. The quantitative estimate of drug-likeness (QED) is 0.617. The first-order chi connectivity index (χ1) is 10.0. The number of halogens is 2. The molecule has 5 heteroatoms. The molecule has 0 bridgehead atoms. The third kappa shape index (κ3) is 2.45. The van der Waals surface area contributed by atoms with Gasteiger partial charge < -0.3 is 8.98 Å². The van der Waals surface area contributed by atoms with Crippen molar-refractivity contribution in [3.05, 3.63) is 52.2 Å². The second-order valence-corrected chi connectivity index (χ2v) is 5.91. The molecule has 0 aliphatic carbocycles. The third-order valence-electron chi connectivity index (χ3n) is 3.76. The van der Waals surface area contributed by atoms with E-state index in [1.54, 1.807) is 0 Å². The smallest absolute Gasteiger partial charge is 0.125 e. The van der Waals surface area contributed by atoms with Crippen molar-refractivity contribution in [1.82, 2.24) is 9.55 Å². The van der Waals surface area contributed by atoms with E-state index in [1.807, 2.05) is 32.0 Å². The summed E-state index contributed by atoms with van der Waals surface area (Å²) in [4.78, 5) is 4.59. The Labute approximate surface area is 133 Å². The molecule has 0 amide bonds. The van der Waals surface area contributed by atoms with E-state index in [2.05, 4.69) is 22.5 Å². The summed E-state index contributed by atoms with van der Waals surface area (Å²) >= 11 is 12.1. The lowest BCUT2D eigenvalue weighted by molar-refractivity contribution is 0.494. The molecule has 3 rings (SSSR count). The predicted octanol–water partition coefficient (Wildman–Crippen LogP) is 5.25. The number of imidazole rings is 1. The summed E-state index contributed by atoms with van der Waals surface area (Å²) in [6.07, 6.45) is 0. The molecule has 1 atom stereocenters. The number of fused-ring (bicyclic) bond motifs is 1. The van der Waals surface area contributed by atoms with Gasteiger partial charge in [-0.1, -0.05) is 11.6 Å². The fraction of sp³-hybridized carbons (Fsp3) is 0.312. The second kappa shape index (κ2) is 5.39. The topological polar surface area (TPSA) is 31.0 Å². The van der Waals surface area contributed by atoms with Gasteiger partial charge in [0.25, 0.3) is 0 Å². The minimum Gasteiger partial charge on any atom is -0.466 e. The minimum absolute atomic E-state index is 0.0994. The number of aryl methyl sites for hydroxylation is 2. The highest BCUT2D eigenvalue weighted by atomic mass is 35.5. The van der Waals surface area contributed by atoms with Gasteiger partial charge in [-0.2, -0.15) is 0 Å². The third-order valence-corrected chi connectivity index (χ3v) is 4.24. The zero-order valence-corrected chi connectivity index (χ0v) is 13.7. The Morgan fingerprint density at radius 2 is 2.05 bits per heavy atom. The lowest BCUT2D eigenvalue weighted by Crippen LogP contribution is -2.10. The van der Waals surface area contributed by atoms with Crippen molar-refractivity contribution in [3.8, 4) is 0 Å². The van der Waals surface area contributed by atoms with Crippen LogP contribution >= 0.6 is 23.2 Å². The minimum atomic E-state index is 0.0994. The molecule has 0 aliphatic rings. The van der Waals surface area contributed by atoms with Crippen molar-refractivity contribution in [3.63, 3.8) is 0 Å². The van der Waals surface area contributed by atoms with Crippen molar-refractivity contribution in [2.24, 2.45) is 0 Å². The molecule has 0 saturated carbocycles. The van der Waals surface area contributed by atoms with Gasteiger partial charge in [-0.15, -0.1) is 11.6 Å². The van der Waals surface area contributed by atoms with Gasteiger partial charge in [0.1, 0.15) is 17.3 Å². The summed E-state index contributed by atoms with van der Waals surface area (Å²) in [5, 5.41) is 0.677. The van der Waals surface area contributed by atoms with Crippen LogP contribution in [0.1, 0.15) is 35.9 Å². The van der Waals surface area contributed by atoms with Gasteiger partial charge in [-0.25, -0.2) is 4.98 Å². The highest BCUT2D eigenvalue weighted by molar-refractivity contribution is 6.31. The van der Waals surface area contributed by atoms with E-state index >= 15 is 0 Å². The Kier molecular flexibility index (Phi) is 3.72. The highest BCUT2D eigenvalue weighted by Crippen LogP contribution is 2.31. The van der Waals surface area contributed by atoms with Crippen LogP contribution in [0.5, 0.6) is 0 Å². The molecule has 2 heterocycles. The Hall–Kier alpha value is -1.45. The summed E-state index contributed by atoms with van der Waals surface area (Å²) in [6, 6.07) is 7.89. The first kappa shape index (κ1) is 14.5. The van der Waals surface area contributed by atoms with Gasteiger partial charge in [0, 0.05) is 10.6 Å². The zero-order valence-electron chi connectivity index (χ0n) is 12.2. The van der Waals surface area contributed by atoms with E-state index in [0.29, 0.717) is 10.9 Å². The van der Waals surface area contributed by atoms with Crippen molar-refractivity contribution < 1.29 is 4.42 Å². The highest BCUT2D eigenvalue weighted by Gasteiger charge is 2.20. The van der Waals surface area contributed by atoms with Gasteiger partial charge in [0.2, 0.25) is 0 Å². The van der Waals surface area contributed by atoms with Crippen LogP contribution in [-0.4, -0.2) is 9.55 Å². The van der Waals surface area contributed by atoms with Crippen LogP contribution < -0.4 is 0 Å². The monoisotopic (exact) mass is 322 g/mol. The molecular formula is C16H16Cl2N2O. The average molecular weight is 323 g/mol. The van der Waals surface area contributed by atoms with Crippen molar-refractivity contribution in [2.45, 2.75) is 32.7 Å². The maximum atomic E-state index is 6.08. The summed E-state index contributed by atoms with van der Waals surface area (Å²) in [6.45, 7) is 6.07. The Bertz CT molecular complexity index is 804. The van der Waals surface area contributed by atoms with Crippen LogP contribution in [0.25, 0.3) is 11.0 Å². The van der Waals surface area contributed by atoms with Crippen LogP contribution in [0.4, 0.5) is 0 Å². The van der Waals surface area contributed by atoms with Crippen LogP contribution in [0.3, 0.4) is 0 Å². The number of nitrogens with zero attached hydrogens (tertiary/aromatic N) is 2. The van der Waals surface area contributed by atoms with Crippen LogP contribution in [-0.2, 0) is 5.88 Å². The summed E-state index contributed by atoms with van der Waals surface area (Å²) in [5.41, 5.74) is 3.04. The molecule has 1 unspecified atom stereocenters. The first-order valence-electron chi connectivity index (χ1n) is 6.80. The molecule has 0 aliphatic heterocycles. The summed E-state index contributed by atoms with van der Waals surface area (Å²) in [5.74, 6) is 3.03. The molecule has 0 radical (unpaired) electrons. The fourth-order valence-electron chi connectivity index (χ4n) is 2.85. The maximum Gasteiger partial charge on any atom is 0.125 e. The molecule has 0 spiro atoms. The number of alkyl halides is 1. The van der Waals surface area contributed by atoms with E-state index < -0.39 is 0 Å². The van der Waals surface area contributed by atoms with E-state index in [-0.39, 0.29) is 6.04 Å². The van der Waals surface area contributed by atoms with Crippen molar-refractivity contribution in [1.29, 1.82) is 0 Å². The SMILES string of the molecule is Cc1cc(C(C)n2c(CCl)nc3cc(Cl)ccc32)c(C)o1. The molecule has 1 aromatic carbocycles. The van der Waals surface area contributed by atoms with Gasteiger partial charge in [0.15, 0.2) is 0 Å². The Balaban J connectivity index is 2.20. The summed E-state index contributed by atoms with van der Waals surface area (Å²) < 4.78 is 7.80. The second-order valence-electron chi connectivity index (χ2n) is 5.21. The Morgan fingerprint density at radius 1 is 1.29 bits per heavy atom. The number of hydrogen-bond donors (Lipinski definition) is 0. The molecule has 110 valence electrons. The lowest BCUT2D eigenvalue weighted by Gasteiger charge is -2.16. The van der Waals surface area contributed by atoms with Crippen molar-refractivity contribution in [2.75, 3.05) is 0 Å². The van der Waals surface area contributed by atoms with Crippen LogP contribution in [0.15, 0.2) is 28.7 Å². The summed E-state index contributed by atoms with van der Waals surface area (Å²) in [7, 11) is 0. The first-order valence-corrected chi connectivity index (χ1v) is 7.71. The Morgan fingerprint density at radius 3 is 2.67 bits per heavy atom. The lowest BCUT2D eigenvalue weighted by atomic mass is 10.1. The fourth-order valence-corrected chi connectivity index (χ4v) is 3.21. The largest absolute Gasteiger partial charge is 0.466 e. The molecule has 3 aromatic rings. The van der Waals surface area contributed by atoms with E-state index in [0.717, 1.165) is 33.9 Å². The van der Waals surface area contributed by atoms with Gasteiger partial charge >= 0.3 is 0 Å². The normalized spacial score (nSPS) is 13.0. The molecular weight excluding hydrogens is 307 g/mol. The van der Waals surface area contributed by atoms with Crippen LogP contribution in [0.2, 0.25) is 5.02 Å². The average Bonchev–Trinajstić information content (AvgIpc) is 2.97. The van der Waals surface area contributed by atoms with Crippen LogP contribution in [0, 0.1) is 13.8 Å². The number of hydrogen-bond acceptors (Lipinski definition) is 2. The number of aromatic nitrogens is 2. The molecule has 21 heavy (non-hydrogen) atoms. The van der Waals surface area contributed by atoms with E-state index in [4.69, 9.17) is 27.6 Å². The van der Waals surface area contributed by atoms with Gasteiger partial charge in [-0.3, -0.25) is 0 Å². The number of benzene rings is 1. The molecule has 0 N–H and O–H groups in total. The molecule has 0 saturated heterocycles. The molecule has 3 nitrogen and oxygen atoms in total. The number of furan rings is 1.